The standard InChI is InChI=1S/C6H9F2N.C2H7OP/c1-9-3-2-5(4-9)6(7)8;1-2-3-4/h2-4H2,1H3;2,4H2,1H3. The maximum atomic E-state index is 11.8. The topological polar surface area (TPSA) is 12.5 Å². The summed E-state index contributed by atoms with van der Waals surface area (Å²) in [5.41, 5.74) is 0.303. The van der Waals surface area contributed by atoms with Gasteiger partial charge in [-0.15, -0.1) is 0 Å². The van der Waals surface area contributed by atoms with Gasteiger partial charge in [-0.05, 0) is 20.4 Å². The summed E-state index contributed by atoms with van der Waals surface area (Å²) in [7, 11) is 4.00. The van der Waals surface area contributed by atoms with Crippen molar-refractivity contribution < 1.29 is 13.3 Å². The van der Waals surface area contributed by atoms with E-state index in [9.17, 15) is 8.78 Å². The molecule has 0 bridgehead atoms. The van der Waals surface area contributed by atoms with E-state index < -0.39 is 6.08 Å². The third-order valence-corrected chi connectivity index (χ3v) is 2.02. The lowest BCUT2D eigenvalue weighted by Crippen LogP contribution is -2.11. The predicted octanol–water partition coefficient (Wildman–Crippen LogP) is 2.29. The molecule has 0 aromatic carbocycles. The molecule has 1 atom stereocenters. The van der Waals surface area contributed by atoms with E-state index in [0.717, 1.165) is 13.2 Å². The van der Waals surface area contributed by atoms with E-state index in [1.807, 2.05) is 18.9 Å². The van der Waals surface area contributed by atoms with Crippen molar-refractivity contribution in [2.75, 3.05) is 26.7 Å². The van der Waals surface area contributed by atoms with Gasteiger partial charge < -0.3 is 9.42 Å². The van der Waals surface area contributed by atoms with Crippen molar-refractivity contribution in [1.82, 2.24) is 4.90 Å². The zero-order valence-electron chi connectivity index (χ0n) is 8.02. The van der Waals surface area contributed by atoms with Crippen LogP contribution in [-0.4, -0.2) is 31.6 Å². The van der Waals surface area contributed by atoms with Crippen LogP contribution in [-0.2, 0) is 4.52 Å². The number of rotatable bonds is 1. The third kappa shape index (κ3) is 6.08. The summed E-state index contributed by atoms with van der Waals surface area (Å²) >= 11 is 0. The molecule has 1 rings (SSSR count). The molecule has 0 spiro atoms. The molecule has 0 saturated carbocycles. The first kappa shape index (κ1) is 12.9. The molecule has 2 nitrogen and oxygen atoms in total. The third-order valence-electron chi connectivity index (χ3n) is 1.69. The van der Waals surface area contributed by atoms with Gasteiger partial charge >= 0.3 is 0 Å². The Hall–Kier alpha value is -0.0500. The fourth-order valence-electron chi connectivity index (χ4n) is 0.964. The van der Waals surface area contributed by atoms with Crippen molar-refractivity contribution in [3.63, 3.8) is 0 Å². The van der Waals surface area contributed by atoms with E-state index in [-0.39, 0.29) is 0 Å². The molecule has 0 N–H and O–H groups in total. The highest BCUT2D eigenvalue weighted by atomic mass is 31.0. The molecule has 0 radical (unpaired) electrons. The van der Waals surface area contributed by atoms with Gasteiger partial charge in [-0.3, -0.25) is 0 Å². The molecule has 0 amide bonds. The summed E-state index contributed by atoms with van der Waals surface area (Å²) in [5.74, 6) is 0. The predicted molar refractivity (Wildman–Crippen MR) is 52.7 cm³/mol. The van der Waals surface area contributed by atoms with Crippen LogP contribution in [0.25, 0.3) is 0 Å². The highest BCUT2D eigenvalue weighted by Gasteiger charge is 2.16. The van der Waals surface area contributed by atoms with Gasteiger partial charge in [0.2, 0.25) is 0 Å². The monoisotopic (exact) mass is 211 g/mol. The molecule has 1 heterocycles. The number of hydrogen-bond donors (Lipinski definition) is 0. The van der Waals surface area contributed by atoms with Crippen LogP contribution in [0.3, 0.4) is 0 Å². The molecule has 5 heteroatoms. The maximum absolute atomic E-state index is 11.8. The Bertz CT molecular complexity index is 170. The van der Waals surface area contributed by atoms with E-state index in [2.05, 4.69) is 14.0 Å². The van der Waals surface area contributed by atoms with Gasteiger partial charge in [0, 0.05) is 34.7 Å². The lowest BCUT2D eigenvalue weighted by molar-refractivity contribution is 0.397. The zero-order valence-corrected chi connectivity index (χ0v) is 9.17. The Morgan fingerprint density at radius 3 is 2.31 bits per heavy atom. The second kappa shape index (κ2) is 7.36. The minimum Gasteiger partial charge on any atom is -0.366 e. The van der Waals surface area contributed by atoms with Crippen LogP contribution in [0.5, 0.6) is 0 Å². The smallest absolute Gasteiger partial charge is 0.270 e. The van der Waals surface area contributed by atoms with Crippen LogP contribution in [0.4, 0.5) is 8.78 Å². The minimum absolute atomic E-state index is 0.303. The number of likely N-dealkylation sites (N-methyl/N-ethyl adjacent to an activating group) is 1. The van der Waals surface area contributed by atoms with Crippen LogP contribution < -0.4 is 0 Å². The first-order valence-electron chi connectivity index (χ1n) is 4.15. The van der Waals surface area contributed by atoms with Crippen LogP contribution in [0, 0.1) is 0 Å². The molecule has 1 aliphatic rings. The zero-order chi connectivity index (χ0) is 10.3. The van der Waals surface area contributed by atoms with Crippen molar-refractivity contribution in [3.8, 4) is 0 Å². The highest BCUT2D eigenvalue weighted by Crippen LogP contribution is 2.18. The molecular formula is C8H16F2NOP. The second-order valence-corrected chi connectivity index (χ2v) is 3.14. The summed E-state index contributed by atoms with van der Waals surface area (Å²) in [5, 5.41) is 0. The van der Waals surface area contributed by atoms with E-state index in [1.165, 1.54) is 0 Å². The first-order chi connectivity index (χ1) is 6.11. The van der Waals surface area contributed by atoms with Crippen LogP contribution in [0.15, 0.2) is 11.7 Å². The first-order valence-corrected chi connectivity index (χ1v) is 4.62. The minimum atomic E-state index is -1.49. The largest absolute Gasteiger partial charge is 0.366 e. The Balaban J connectivity index is 0.000000310. The quantitative estimate of drug-likeness (QED) is 0.617. The molecule has 1 fully saturated rings. The number of nitrogens with zero attached hydrogens (tertiary/aromatic N) is 1. The Kier molecular flexibility index (Phi) is 7.33. The van der Waals surface area contributed by atoms with Crippen molar-refractivity contribution in [1.29, 1.82) is 0 Å². The molecule has 1 unspecified atom stereocenters. The Labute approximate surface area is 80.2 Å². The average Bonchev–Trinajstić information content (AvgIpc) is 2.52. The molecule has 0 aliphatic carbocycles. The Morgan fingerprint density at radius 2 is 2.15 bits per heavy atom. The van der Waals surface area contributed by atoms with Crippen molar-refractivity contribution >= 4 is 9.47 Å². The van der Waals surface area contributed by atoms with E-state index >= 15 is 0 Å². The van der Waals surface area contributed by atoms with Gasteiger partial charge in [-0.1, -0.05) is 0 Å². The van der Waals surface area contributed by atoms with Crippen LogP contribution in [0.1, 0.15) is 13.3 Å². The van der Waals surface area contributed by atoms with Gasteiger partial charge in [-0.2, -0.15) is 8.78 Å². The molecular weight excluding hydrogens is 195 g/mol. The summed E-state index contributed by atoms with van der Waals surface area (Å²) in [6.45, 7) is 3.94. The molecule has 0 aromatic rings. The fourth-order valence-corrected chi connectivity index (χ4v) is 0.964. The van der Waals surface area contributed by atoms with Gasteiger partial charge in [-0.25, -0.2) is 0 Å². The van der Waals surface area contributed by atoms with E-state index in [0.29, 0.717) is 18.5 Å². The molecule has 78 valence electrons. The summed E-state index contributed by atoms with van der Waals surface area (Å²) in [6, 6.07) is 0. The van der Waals surface area contributed by atoms with E-state index in [4.69, 9.17) is 0 Å². The number of likely N-dealkylation sites (tertiary alicyclic amines) is 1. The Morgan fingerprint density at radius 1 is 1.62 bits per heavy atom. The summed E-state index contributed by atoms with van der Waals surface area (Å²) in [4.78, 5) is 1.88. The molecule has 13 heavy (non-hydrogen) atoms. The van der Waals surface area contributed by atoms with Crippen LogP contribution >= 0.6 is 9.47 Å². The molecule has 1 aliphatic heterocycles. The highest BCUT2D eigenvalue weighted by molar-refractivity contribution is 7.09. The second-order valence-electron chi connectivity index (χ2n) is 2.81. The normalized spacial score (nSPS) is 16.8. The molecule has 0 aromatic heterocycles. The molecule has 1 saturated heterocycles. The van der Waals surface area contributed by atoms with Crippen molar-refractivity contribution in [2.45, 2.75) is 13.3 Å². The average molecular weight is 211 g/mol. The lowest BCUT2D eigenvalue weighted by atomic mass is 10.3. The number of halogens is 2. The van der Waals surface area contributed by atoms with Gasteiger partial charge in [0.05, 0.1) is 0 Å². The van der Waals surface area contributed by atoms with Crippen LogP contribution in [0.2, 0.25) is 0 Å². The van der Waals surface area contributed by atoms with Gasteiger partial charge in [0.1, 0.15) is 0 Å². The summed E-state index contributed by atoms with van der Waals surface area (Å²) < 4.78 is 28.0. The van der Waals surface area contributed by atoms with Gasteiger partial charge in [0.15, 0.2) is 0 Å². The maximum Gasteiger partial charge on any atom is 0.270 e. The van der Waals surface area contributed by atoms with E-state index in [1.54, 1.807) is 0 Å². The fraction of sp³-hybridized carbons (Fsp3) is 0.750. The lowest BCUT2D eigenvalue weighted by Gasteiger charge is -2.01. The summed E-state index contributed by atoms with van der Waals surface area (Å²) in [6.07, 6.45) is -0.946. The van der Waals surface area contributed by atoms with Crippen molar-refractivity contribution in [3.05, 3.63) is 11.7 Å². The SMILES string of the molecule is CCOP.CN1CCC(=C(F)F)C1. The van der Waals surface area contributed by atoms with Gasteiger partial charge in [0.25, 0.3) is 6.08 Å². The van der Waals surface area contributed by atoms with Crippen molar-refractivity contribution in [2.24, 2.45) is 0 Å². The number of hydrogen-bond acceptors (Lipinski definition) is 2.